The van der Waals surface area contributed by atoms with Gasteiger partial charge >= 0.3 is 0 Å². The highest BCUT2D eigenvalue weighted by Gasteiger charge is 2.11. The molecule has 0 saturated carbocycles. The largest absolute Gasteiger partial charge is 0.294 e. The van der Waals surface area contributed by atoms with Crippen molar-refractivity contribution in [1.82, 2.24) is 0 Å². The maximum absolute atomic E-state index is 12.8. The van der Waals surface area contributed by atoms with E-state index >= 15 is 0 Å². The summed E-state index contributed by atoms with van der Waals surface area (Å²) in [7, 11) is -3.74. The SMILES string of the molecule is O=C(/C=C/c1ccc(F)cc1)CS(=O)(=O)/C=C\c1ccc(F)cc1. The number of rotatable bonds is 6. The minimum absolute atomic E-state index is 0.396. The summed E-state index contributed by atoms with van der Waals surface area (Å²) in [4.78, 5) is 11.7. The molecule has 0 atom stereocenters. The fourth-order valence-corrected chi connectivity index (χ4v) is 2.77. The zero-order chi connectivity index (χ0) is 17.6. The van der Waals surface area contributed by atoms with Crippen LogP contribution in [0.5, 0.6) is 0 Å². The van der Waals surface area contributed by atoms with Gasteiger partial charge in [0, 0.05) is 5.41 Å². The maximum Gasteiger partial charge on any atom is 0.179 e. The van der Waals surface area contributed by atoms with E-state index in [9.17, 15) is 22.0 Å². The predicted octanol–water partition coefficient (Wildman–Crippen LogP) is 3.63. The molecule has 2 aromatic carbocycles. The Labute approximate surface area is 138 Å². The number of allylic oxidation sites excluding steroid dienone is 1. The molecule has 6 heteroatoms. The zero-order valence-electron chi connectivity index (χ0n) is 12.5. The van der Waals surface area contributed by atoms with Crippen LogP contribution in [-0.2, 0) is 14.6 Å². The first-order valence-electron chi connectivity index (χ1n) is 6.97. The summed E-state index contributed by atoms with van der Waals surface area (Å²) < 4.78 is 49.3. The molecule has 0 N–H and O–H groups in total. The second-order valence-electron chi connectivity index (χ2n) is 5.01. The second kappa shape index (κ2) is 7.79. The fourth-order valence-electron chi connectivity index (χ4n) is 1.81. The lowest BCUT2D eigenvalue weighted by Crippen LogP contribution is -2.11. The summed E-state index contributed by atoms with van der Waals surface area (Å²) in [6.07, 6.45) is 3.85. The average Bonchev–Trinajstić information content (AvgIpc) is 2.53. The standard InChI is InChI=1S/C18H14F2O3S/c19-16-6-1-14(2-7-16)5-10-18(21)13-24(22,23)12-11-15-3-8-17(20)9-4-15/h1-12H,13H2/b10-5+,12-11-. The zero-order valence-corrected chi connectivity index (χ0v) is 13.3. The number of carbonyl (C=O) groups excluding carboxylic acids is 1. The van der Waals surface area contributed by atoms with E-state index in [-0.39, 0.29) is 0 Å². The lowest BCUT2D eigenvalue weighted by atomic mass is 10.2. The van der Waals surface area contributed by atoms with Gasteiger partial charge in [-0.05, 0) is 47.5 Å². The third kappa shape index (κ3) is 5.89. The highest BCUT2D eigenvalue weighted by molar-refractivity contribution is 7.95. The fraction of sp³-hybridized carbons (Fsp3) is 0.0556. The number of halogens is 2. The van der Waals surface area contributed by atoms with E-state index in [0.717, 1.165) is 11.5 Å². The lowest BCUT2D eigenvalue weighted by Gasteiger charge is -1.97. The van der Waals surface area contributed by atoms with E-state index in [0.29, 0.717) is 11.1 Å². The summed E-state index contributed by atoms with van der Waals surface area (Å²) in [5.41, 5.74) is 1.10. The summed E-state index contributed by atoms with van der Waals surface area (Å²) in [6.45, 7) is 0. The number of benzene rings is 2. The maximum atomic E-state index is 12.8. The highest BCUT2D eigenvalue weighted by Crippen LogP contribution is 2.08. The molecule has 2 aromatic rings. The van der Waals surface area contributed by atoms with Gasteiger partial charge in [-0.25, -0.2) is 17.2 Å². The number of carbonyl (C=O) groups is 1. The first kappa shape index (κ1) is 17.7. The van der Waals surface area contributed by atoms with Crippen molar-refractivity contribution in [1.29, 1.82) is 0 Å². The molecule has 0 amide bonds. The number of hydrogen-bond donors (Lipinski definition) is 0. The van der Waals surface area contributed by atoms with Gasteiger partial charge in [-0.2, -0.15) is 0 Å². The van der Waals surface area contributed by atoms with E-state index in [4.69, 9.17) is 0 Å². The van der Waals surface area contributed by atoms with Crippen molar-refractivity contribution in [3.63, 3.8) is 0 Å². The number of ketones is 1. The van der Waals surface area contributed by atoms with E-state index < -0.39 is 33.0 Å². The van der Waals surface area contributed by atoms with Crippen molar-refractivity contribution >= 4 is 27.8 Å². The first-order valence-corrected chi connectivity index (χ1v) is 8.68. The molecule has 0 bridgehead atoms. The molecule has 24 heavy (non-hydrogen) atoms. The second-order valence-corrected chi connectivity index (χ2v) is 6.90. The molecule has 2 rings (SSSR count). The number of hydrogen-bond acceptors (Lipinski definition) is 3. The molecule has 0 spiro atoms. The third-order valence-electron chi connectivity index (χ3n) is 3.01. The van der Waals surface area contributed by atoms with Crippen molar-refractivity contribution in [2.75, 3.05) is 5.75 Å². The average molecular weight is 348 g/mol. The third-order valence-corrected chi connectivity index (χ3v) is 4.25. The lowest BCUT2D eigenvalue weighted by molar-refractivity contribution is -0.112. The van der Waals surface area contributed by atoms with Crippen molar-refractivity contribution in [3.8, 4) is 0 Å². The normalized spacial score (nSPS) is 12.1. The van der Waals surface area contributed by atoms with Gasteiger partial charge < -0.3 is 0 Å². The van der Waals surface area contributed by atoms with Crippen LogP contribution in [0.15, 0.2) is 60.0 Å². The van der Waals surface area contributed by atoms with Crippen LogP contribution < -0.4 is 0 Å². The molecule has 0 aliphatic carbocycles. The van der Waals surface area contributed by atoms with Gasteiger partial charge in [-0.3, -0.25) is 4.79 Å². The molecular weight excluding hydrogens is 334 g/mol. The Kier molecular flexibility index (Phi) is 5.76. The van der Waals surface area contributed by atoms with Gasteiger partial charge in [0.2, 0.25) is 0 Å². The predicted molar refractivity (Wildman–Crippen MR) is 89.7 cm³/mol. The van der Waals surface area contributed by atoms with Gasteiger partial charge in [0.25, 0.3) is 0 Å². The summed E-state index contributed by atoms with van der Waals surface area (Å²) in [5, 5.41) is 0.921. The minimum atomic E-state index is -3.74. The molecule has 124 valence electrons. The van der Waals surface area contributed by atoms with Crippen LogP contribution in [0.1, 0.15) is 11.1 Å². The summed E-state index contributed by atoms with van der Waals surface area (Å²) >= 11 is 0. The van der Waals surface area contributed by atoms with Crippen molar-refractivity contribution in [2.24, 2.45) is 0 Å². The molecule has 0 saturated heterocycles. The molecule has 0 aromatic heterocycles. The minimum Gasteiger partial charge on any atom is -0.294 e. The monoisotopic (exact) mass is 348 g/mol. The van der Waals surface area contributed by atoms with Crippen LogP contribution in [0, 0.1) is 11.6 Å². The van der Waals surface area contributed by atoms with Crippen LogP contribution in [0.25, 0.3) is 12.2 Å². The molecule has 3 nitrogen and oxygen atoms in total. The molecular formula is C18H14F2O3S. The van der Waals surface area contributed by atoms with Crippen LogP contribution in [0.2, 0.25) is 0 Å². The quantitative estimate of drug-likeness (QED) is 0.749. The van der Waals surface area contributed by atoms with Gasteiger partial charge in [0.1, 0.15) is 17.4 Å². The Morgan fingerprint density at radius 3 is 1.79 bits per heavy atom. The Morgan fingerprint density at radius 2 is 1.29 bits per heavy atom. The van der Waals surface area contributed by atoms with Crippen molar-refractivity contribution in [3.05, 3.63) is 82.8 Å². The van der Waals surface area contributed by atoms with E-state index in [1.807, 2.05) is 0 Å². The molecule has 0 heterocycles. The van der Waals surface area contributed by atoms with Gasteiger partial charge in [0.15, 0.2) is 15.6 Å². The van der Waals surface area contributed by atoms with Gasteiger partial charge in [0.05, 0.1) is 0 Å². The Hall–Kier alpha value is -2.60. The van der Waals surface area contributed by atoms with Crippen LogP contribution >= 0.6 is 0 Å². The number of sulfone groups is 1. The van der Waals surface area contributed by atoms with Crippen molar-refractivity contribution in [2.45, 2.75) is 0 Å². The molecule has 0 aliphatic rings. The Balaban J connectivity index is 1.98. The highest BCUT2D eigenvalue weighted by atomic mass is 32.2. The Bertz CT molecular complexity index is 865. The molecule has 0 aliphatic heterocycles. The van der Waals surface area contributed by atoms with Crippen LogP contribution in [-0.4, -0.2) is 20.0 Å². The Morgan fingerprint density at radius 1 is 0.833 bits per heavy atom. The summed E-state index contributed by atoms with van der Waals surface area (Å²) in [5.74, 6) is -2.09. The van der Waals surface area contributed by atoms with E-state index in [2.05, 4.69) is 0 Å². The first-order chi connectivity index (χ1) is 11.3. The van der Waals surface area contributed by atoms with Gasteiger partial charge in [-0.1, -0.05) is 30.3 Å². The van der Waals surface area contributed by atoms with Crippen LogP contribution in [0.3, 0.4) is 0 Å². The topological polar surface area (TPSA) is 51.2 Å². The van der Waals surface area contributed by atoms with Crippen molar-refractivity contribution < 1.29 is 22.0 Å². The van der Waals surface area contributed by atoms with Crippen LogP contribution in [0.4, 0.5) is 8.78 Å². The van der Waals surface area contributed by atoms with Gasteiger partial charge in [-0.15, -0.1) is 0 Å². The smallest absolute Gasteiger partial charge is 0.179 e. The summed E-state index contributed by atoms with van der Waals surface area (Å²) in [6, 6.07) is 10.7. The van der Waals surface area contributed by atoms with E-state index in [1.54, 1.807) is 0 Å². The molecule has 0 unspecified atom stereocenters. The van der Waals surface area contributed by atoms with E-state index in [1.165, 1.54) is 60.7 Å². The molecule has 0 radical (unpaired) electrons. The molecule has 0 fully saturated rings.